The second-order valence-corrected chi connectivity index (χ2v) is 5.27. The summed E-state index contributed by atoms with van der Waals surface area (Å²) in [4.78, 5) is 0. The van der Waals surface area contributed by atoms with Gasteiger partial charge >= 0.3 is 0 Å². The average Bonchev–Trinajstić information content (AvgIpc) is 2.76. The highest BCUT2D eigenvalue weighted by Crippen LogP contribution is 2.14. The zero-order valence-electron chi connectivity index (χ0n) is 8.74. The summed E-state index contributed by atoms with van der Waals surface area (Å²) in [5.41, 5.74) is 2.37. The highest BCUT2D eigenvalue weighted by Gasteiger charge is 2.00. The molecular weight excluding hydrogens is 332 g/mol. The van der Waals surface area contributed by atoms with Gasteiger partial charge in [-0.1, -0.05) is 31.9 Å². The monoisotopic (exact) mass is 342 g/mol. The Bertz CT molecular complexity index is 448. The standard InChI is InChI=1S/C12H12Br2N2/c13-7-1-2-10-8-15-16(9-10)12-5-3-11(14)4-6-12/h3-6,8-9H,1-2,7H2. The molecule has 0 N–H and O–H groups in total. The van der Waals surface area contributed by atoms with Crippen molar-refractivity contribution in [3.05, 3.63) is 46.7 Å². The predicted molar refractivity (Wildman–Crippen MR) is 73.4 cm³/mol. The van der Waals surface area contributed by atoms with Crippen molar-refractivity contribution in [1.29, 1.82) is 0 Å². The minimum Gasteiger partial charge on any atom is -0.241 e. The van der Waals surface area contributed by atoms with Crippen LogP contribution in [0.15, 0.2) is 41.1 Å². The van der Waals surface area contributed by atoms with Gasteiger partial charge in [0, 0.05) is 16.0 Å². The Morgan fingerprint density at radius 1 is 1.19 bits per heavy atom. The molecule has 0 aliphatic rings. The molecule has 1 aromatic heterocycles. The molecule has 0 fully saturated rings. The number of aryl methyl sites for hydroxylation is 1. The molecule has 1 heterocycles. The highest BCUT2D eigenvalue weighted by molar-refractivity contribution is 9.10. The largest absolute Gasteiger partial charge is 0.241 e. The van der Waals surface area contributed by atoms with E-state index in [4.69, 9.17) is 0 Å². The number of rotatable bonds is 4. The second-order valence-electron chi connectivity index (χ2n) is 3.56. The fourth-order valence-corrected chi connectivity index (χ4v) is 2.04. The maximum Gasteiger partial charge on any atom is 0.0646 e. The number of alkyl halides is 1. The third kappa shape index (κ3) is 2.95. The van der Waals surface area contributed by atoms with E-state index in [0.29, 0.717) is 0 Å². The molecule has 0 aliphatic carbocycles. The quantitative estimate of drug-likeness (QED) is 0.768. The second kappa shape index (κ2) is 5.64. The van der Waals surface area contributed by atoms with Gasteiger partial charge in [0.15, 0.2) is 0 Å². The van der Waals surface area contributed by atoms with E-state index in [1.807, 2.05) is 35.1 Å². The minimum absolute atomic E-state index is 1.04. The van der Waals surface area contributed by atoms with Crippen LogP contribution in [0, 0.1) is 0 Å². The third-order valence-corrected chi connectivity index (χ3v) is 3.42. The molecule has 0 saturated carbocycles. The van der Waals surface area contributed by atoms with E-state index in [1.54, 1.807) is 0 Å². The number of halogens is 2. The molecule has 0 radical (unpaired) electrons. The summed E-state index contributed by atoms with van der Waals surface area (Å²) in [5, 5.41) is 5.39. The van der Waals surface area contributed by atoms with Crippen molar-refractivity contribution in [2.24, 2.45) is 0 Å². The van der Waals surface area contributed by atoms with Gasteiger partial charge in [-0.3, -0.25) is 0 Å². The average molecular weight is 344 g/mol. The lowest BCUT2D eigenvalue weighted by molar-refractivity contribution is 0.878. The first-order chi connectivity index (χ1) is 7.79. The summed E-state index contributed by atoms with van der Waals surface area (Å²) in [7, 11) is 0. The van der Waals surface area contributed by atoms with Crippen LogP contribution in [0.1, 0.15) is 12.0 Å². The van der Waals surface area contributed by atoms with E-state index < -0.39 is 0 Å². The molecule has 2 nitrogen and oxygen atoms in total. The molecular formula is C12H12Br2N2. The summed E-state index contributed by atoms with van der Waals surface area (Å²) < 4.78 is 3.00. The van der Waals surface area contributed by atoms with Crippen LogP contribution in [0.4, 0.5) is 0 Å². The van der Waals surface area contributed by atoms with E-state index in [1.165, 1.54) is 5.56 Å². The smallest absolute Gasteiger partial charge is 0.0646 e. The van der Waals surface area contributed by atoms with Crippen molar-refractivity contribution in [3.8, 4) is 5.69 Å². The first-order valence-electron chi connectivity index (χ1n) is 5.15. The summed E-state index contributed by atoms with van der Waals surface area (Å²) >= 11 is 6.86. The SMILES string of the molecule is BrCCCc1cnn(-c2ccc(Br)cc2)c1. The van der Waals surface area contributed by atoms with E-state index in [2.05, 4.69) is 43.2 Å². The van der Waals surface area contributed by atoms with Crippen molar-refractivity contribution in [2.75, 3.05) is 5.33 Å². The van der Waals surface area contributed by atoms with Crippen LogP contribution < -0.4 is 0 Å². The van der Waals surface area contributed by atoms with Gasteiger partial charge in [0.05, 0.1) is 11.9 Å². The first kappa shape index (κ1) is 11.9. The molecule has 1 aromatic carbocycles. The summed E-state index contributed by atoms with van der Waals surface area (Å²) in [5.74, 6) is 0. The van der Waals surface area contributed by atoms with Gasteiger partial charge in [-0.25, -0.2) is 4.68 Å². The first-order valence-corrected chi connectivity index (χ1v) is 7.06. The lowest BCUT2D eigenvalue weighted by Gasteiger charge is -2.00. The fraction of sp³-hybridized carbons (Fsp3) is 0.250. The number of benzene rings is 1. The lowest BCUT2D eigenvalue weighted by Crippen LogP contribution is -1.93. The third-order valence-electron chi connectivity index (χ3n) is 2.33. The van der Waals surface area contributed by atoms with Crippen LogP contribution >= 0.6 is 31.9 Å². The molecule has 2 rings (SSSR count). The van der Waals surface area contributed by atoms with Crippen molar-refractivity contribution in [3.63, 3.8) is 0 Å². The van der Waals surface area contributed by atoms with E-state index in [9.17, 15) is 0 Å². The van der Waals surface area contributed by atoms with Gasteiger partial charge < -0.3 is 0 Å². The van der Waals surface area contributed by atoms with Crippen LogP contribution in [0.25, 0.3) is 5.69 Å². The number of nitrogens with zero attached hydrogens (tertiary/aromatic N) is 2. The maximum atomic E-state index is 4.36. The van der Waals surface area contributed by atoms with Crippen LogP contribution in [0.5, 0.6) is 0 Å². The van der Waals surface area contributed by atoms with Gasteiger partial charge in [0.2, 0.25) is 0 Å². The fourth-order valence-electron chi connectivity index (χ4n) is 1.50. The Balaban J connectivity index is 2.15. The zero-order chi connectivity index (χ0) is 11.4. The number of aromatic nitrogens is 2. The molecule has 0 atom stereocenters. The van der Waals surface area contributed by atoms with Crippen molar-refractivity contribution in [2.45, 2.75) is 12.8 Å². The molecule has 2 aromatic rings. The molecule has 84 valence electrons. The summed E-state index contributed by atoms with van der Waals surface area (Å²) in [6.45, 7) is 0. The van der Waals surface area contributed by atoms with Crippen molar-refractivity contribution >= 4 is 31.9 Å². The van der Waals surface area contributed by atoms with E-state index in [-0.39, 0.29) is 0 Å². The van der Waals surface area contributed by atoms with Gasteiger partial charge in [-0.15, -0.1) is 0 Å². The Kier molecular flexibility index (Phi) is 4.18. The number of hydrogen-bond donors (Lipinski definition) is 0. The topological polar surface area (TPSA) is 17.8 Å². The molecule has 0 amide bonds. The Morgan fingerprint density at radius 3 is 2.62 bits per heavy atom. The zero-order valence-corrected chi connectivity index (χ0v) is 11.9. The lowest BCUT2D eigenvalue weighted by atomic mass is 10.2. The highest BCUT2D eigenvalue weighted by atomic mass is 79.9. The Hall–Kier alpha value is -0.610. The van der Waals surface area contributed by atoms with Crippen molar-refractivity contribution in [1.82, 2.24) is 9.78 Å². The molecule has 0 aliphatic heterocycles. The number of hydrogen-bond acceptors (Lipinski definition) is 1. The van der Waals surface area contributed by atoms with Gasteiger partial charge in [0.25, 0.3) is 0 Å². The molecule has 0 spiro atoms. The summed E-state index contributed by atoms with van der Waals surface area (Å²) in [6.07, 6.45) is 6.24. The van der Waals surface area contributed by atoms with Crippen LogP contribution in [-0.4, -0.2) is 15.1 Å². The van der Waals surface area contributed by atoms with Crippen LogP contribution in [-0.2, 0) is 6.42 Å². The normalized spacial score (nSPS) is 10.6. The Morgan fingerprint density at radius 2 is 1.94 bits per heavy atom. The molecule has 4 heteroatoms. The molecule has 16 heavy (non-hydrogen) atoms. The van der Waals surface area contributed by atoms with E-state index in [0.717, 1.165) is 28.3 Å². The van der Waals surface area contributed by atoms with Gasteiger partial charge in [0.1, 0.15) is 0 Å². The predicted octanol–water partition coefficient (Wildman–Crippen LogP) is 3.96. The Labute approximate surface area is 112 Å². The summed E-state index contributed by atoms with van der Waals surface area (Å²) in [6, 6.07) is 8.14. The molecule has 0 unspecified atom stereocenters. The molecule has 0 bridgehead atoms. The van der Waals surface area contributed by atoms with Crippen molar-refractivity contribution < 1.29 is 0 Å². The van der Waals surface area contributed by atoms with Gasteiger partial charge in [-0.05, 0) is 42.7 Å². The van der Waals surface area contributed by atoms with Crippen LogP contribution in [0.3, 0.4) is 0 Å². The maximum absolute atomic E-state index is 4.36. The van der Waals surface area contributed by atoms with Crippen LogP contribution in [0.2, 0.25) is 0 Å². The minimum atomic E-state index is 1.04. The van der Waals surface area contributed by atoms with Gasteiger partial charge in [-0.2, -0.15) is 5.10 Å². The van der Waals surface area contributed by atoms with E-state index >= 15 is 0 Å². The molecule has 0 saturated heterocycles.